The van der Waals surface area contributed by atoms with Crippen molar-refractivity contribution in [1.82, 2.24) is 0 Å². The lowest BCUT2D eigenvalue weighted by atomic mass is 10.1. The summed E-state index contributed by atoms with van der Waals surface area (Å²) in [6.07, 6.45) is 0. The lowest BCUT2D eigenvalue weighted by molar-refractivity contribution is 0.355. The molecule has 0 aliphatic rings. The number of hydrogen-bond donors (Lipinski definition) is 0. The third kappa shape index (κ3) is 4.19. The van der Waals surface area contributed by atoms with Crippen molar-refractivity contribution >= 4 is 15.7 Å². The summed E-state index contributed by atoms with van der Waals surface area (Å²) in [7, 11) is -0.994. The van der Waals surface area contributed by atoms with E-state index < -0.39 is 21.9 Å². The van der Waals surface area contributed by atoms with E-state index in [0.29, 0.717) is 17.2 Å². The van der Waals surface area contributed by atoms with Crippen molar-refractivity contribution in [1.29, 1.82) is 0 Å². The fourth-order valence-corrected chi connectivity index (χ4v) is 4.76. The van der Waals surface area contributed by atoms with Crippen molar-refractivity contribution in [3.63, 3.8) is 0 Å². The van der Waals surface area contributed by atoms with Gasteiger partial charge in [0.05, 0.1) is 30.8 Å². The molecule has 29 heavy (non-hydrogen) atoms. The molecule has 0 bridgehead atoms. The molecule has 0 amide bonds. The third-order valence-corrected chi connectivity index (χ3v) is 6.54. The van der Waals surface area contributed by atoms with Gasteiger partial charge in [-0.3, -0.25) is 4.31 Å². The van der Waals surface area contributed by atoms with Crippen molar-refractivity contribution in [3.05, 3.63) is 84.2 Å². The quantitative estimate of drug-likeness (QED) is 0.556. The molecule has 0 saturated carbocycles. The van der Waals surface area contributed by atoms with Crippen molar-refractivity contribution < 1.29 is 22.3 Å². The van der Waals surface area contributed by atoms with E-state index in [1.54, 1.807) is 25.1 Å². The lowest BCUT2D eigenvalue weighted by Crippen LogP contribution is -2.33. The Kier molecular flexibility index (Phi) is 6.08. The lowest BCUT2D eigenvalue weighted by Gasteiger charge is -2.31. The first-order valence-electron chi connectivity index (χ1n) is 8.95. The molecule has 3 rings (SSSR count). The normalized spacial score (nSPS) is 12.3. The van der Waals surface area contributed by atoms with Gasteiger partial charge in [-0.25, -0.2) is 12.8 Å². The van der Waals surface area contributed by atoms with Crippen LogP contribution in [0, 0.1) is 5.82 Å². The fraction of sp³-hybridized carbons (Fsp3) is 0.182. The molecular formula is C22H22FNO4S. The summed E-state index contributed by atoms with van der Waals surface area (Å²) in [6, 6.07) is 18.5. The van der Waals surface area contributed by atoms with Gasteiger partial charge in [-0.05, 0) is 48.9 Å². The van der Waals surface area contributed by atoms with Crippen LogP contribution in [0.3, 0.4) is 0 Å². The Balaban J connectivity index is 2.18. The summed E-state index contributed by atoms with van der Waals surface area (Å²) in [5, 5.41) is 0. The molecule has 0 aliphatic heterocycles. The van der Waals surface area contributed by atoms with Crippen LogP contribution >= 0.6 is 0 Å². The van der Waals surface area contributed by atoms with E-state index in [-0.39, 0.29) is 4.90 Å². The number of nitrogens with zero attached hydrogens (tertiary/aromatic N) is 1. The van der Waals surface area contributed by atoms with Gasteiger partial charge in [0.15, 0.2) is 11.5 Å². The Morgan fingerprint density at radius 1 is 0.862 bits per heavy atom. The number of rotatable bonds is 7. The van der Waals surface area contributed by atoms with Gasteiger partial charge < -0.3 is 9.47 Å². The highest BCUT2D eigenvalue weighted by atomic mass is 32.2. The summed E-state index contributed by atoms with van der Waals surface area (Å²) >= 11 is 0. The third-order valence-electron chi connectivity index (χ3n) is 4.63. The first-order chi connectivity index (χ1) is 13.9. The van der Waals surface area contributed by atoms with Crippen LogP contribution in [-0.2, 0) is 10.0 Å². The molecule has 0 heterocycles. The van der Waals surface area contributed by atoms with Crippen LogP contribution in [0.25, 0.3) is 0 Å². The summed E-state index contributed by atoms with van der Waals surface area (Å²) in [5.41, 5.74) is 1.22. The number of methoxy groups -OCH3 is 2. The Bertz CT molecular complexity index is 1070. The maximum Gasteiger partial charge on any atom is 0.264 e. The summed E-state index contributed by atoms with van der Waals surface area (Å²) < 4.78 is 52.4. The SMILES string of the molecule is COc1ccc(N(C(C)c2ccccc2)S(=O)(=O)c2ccc(F)cc2)cc1OC. The number of ether oxygens (including phenoxy) is 2. The van der Waals surface area contributed by atoms with Gasteiger partial charge >= 0.3 is 0 Å². The smallest absolute Gasteiger partial charge is 0.264 e. The molecule has 1 unspecified atom stereocenters. The van der Waals surface area contributed by atoms with Crippen molar-refractivity contribution in [2.75, 3.05) is 18.5 Å². The fourth-order valence-electron chi connectivity index (χ4n) is 3.12. The second-order valence-corrected chi connectivity index (χ2v) is 8.20. The van der Waals surface area contributed by atoms with E-state index in [1.165, 1.54) is 30.7 Å². The second kappa shape index (κ2) is 8.53. The van der Waals surface area contributed by atoms with Crippen molar-refractivity contribution in [2.45, 2.75) is 17.9 Å². The van der Waals surface area contributed by atoms with Crippen molar-refractivity contribution in [3.8, 4) is 11.5 Å². The molecule has 3 aromatic carbocycles. The molecule has 0 aromatic heterocycles. The maximum atomic E-state index is 13.5. The van der Waals surface area contributed by atoms with Crippen LogP contribution in [-0.4, -0.2) is 22.6 Å². The molecule has 0 aliphatic carbocycles. The topological polar surface area (TPSA) is 55.8 Å². The monoisotopic (exact) mass is 415 g/mol. The molecule has 1 atom stereocenters. The van der Waals surface area contributed by atoms with Gasteiger partial charge in [-0.2, -0.15) is 0 Å². The Morgan fingerprint density at radius 2 is 1.48 bits per heavy atom. The first-order valence-corrected chi connectivity index (χ1v) is 10.4. The molecule has 5 nitrogen and oxygen atoms in total. The summed E-state index contributed by atoms with van der Waals surface area (Å²) in [4.78, 5) is -0.00327. The summed E-state index contributed by atoms with van der Waals surface area (Å²) in [5.74, 6) is 0.394. The molecule has 7 heteroatoms. The molecule has 0 spiro atoms. The zero-order valence-corrected chi connectivity index (χ0v) is 17.2. The molecular weight excluding hydrogens is 393 g/mol. The molecule has 0 radical (unpaired) electrons. The Morgan fingerprint density at radius 3 is 2.07 bits per heavy atom. The van der Waals surface area contributed by atoms with Crippen LogP contribution in [0.2, 0.25) is 0 Å². The van der Waals surface area contributed by atoms with Gasteiger partial charge in [-0.1, -0.05) is 30.3 Å². The van der Waals surface area contributed by atoms with Crippen LogP contribution in [0.4, 0.5) is 10.1 Å². The zero-order chi connectivity index (χ0) is 21.0. The van der Waals surface area contributed by atoms with E-state index in [2.05, 4.69) is 0 Å². The molecule has 0 saturated heterocycles. The van der Waals surface area contributed by atoms with E-state index in [0.717, 1.165) is 17.7 Å². The minimum absolute atomic E-state index is 0.00327. The Hall–Kier alpha value is -3.06. The minimum Gasteiger partial charge on any atom is -0.493 e. The van der Waals surface area contributed by atoms with E-state index in [1.807, 2.05) is 30.3 Å². The van der Waals surface area contributed by atoms with E-state index in [4.69, 9.17) is 9.47 Å². The van der Waals surface area contributed by atoms with Crippen LogP contribution < -0.4 is 13.8 Å². The van der Waals surface area contributed by atoms with Gasteiger partial charge in [0.2, 0.25) is 0 Å². The van der Waals surface area contributed by atoms with Crippen LogP contribution in [0.15, 0.2) is 77.7 Å². The maximum absolute atomic E-state index is 13.5. The average molecular weight is 415 g/mol. The molecule has 0 fully saturated rings. The minimum atomic E-state index is -3.99. The number of benzene rings is 3. The molecule has 152 valence electrons. The number of hydrogen-bond acceptors (Lipinski definition) is 4. The van der Waals surface area contributed by atoms with E-state index in [9.17, 15) is 12.8 Å². The van der Waals surface area contributed by atoms with Gasteiger partial charge in [0, 0.05) is 6.07 Å². The van der Waals surface area contributed by atoms with Crippen LogP contribution in [0.1, 0.15) is 18.5 Å². The highest BCUT2D eigenvalue weighted by Crippen LogP contribution is 2.38. The number of anilines is 1. The predicted octanol–water partition coefficient (Wildman–Crippen LogP) is 4.80. The predicted molar refractivity (Wildman–Crippen MR) is 110 cm³/mol. The number of sulfonamides is 1. The second-order valence-electron chi connectivity index (χ2n) is 6.38. The zero-order valence-electron chi connectivity index (χ0n) is 16.4. The molecule has 0 N–H and O–H groups in total. The van der Waals surface area contributed by atoms with Gasteiger partial charge in [-0.15, -0.1) is 0 Å². The highest BCUT2D eigenvalue weighted by Gasteiger charge is 2.31. The number of halogens is 1. The standard InChI is InChI=1S/C22H22FNO4S/c1-16(17-7-5-4-6-8-17)24(19-11-14-21(27-2)22(15-19)28-3)29(25,26)20-12-9-18(23)10-13-20/h4-16H,1-3H3. The van der Waals surface area contributed by atoms with Gasteiger partial charge in [0.1, 0.15) is 5.82 Å². The summed E-state index contributed by atoms with van der Waals surface area (Å²) in [6.45, 7) is 1.80. The van der Waals surface area contributed by atoms with Crippen molar-refractivity contribution in [2.24, 2.45) is 0 Å². The largest absolute Gasteiger partial charge is 0.493 e. The highest BCUT2D eigenvalue weighted by molar-refractivity contribution is 7.92. The average Bonchev–Trinajstić information content (AvgIpc) is 2.74. The Labute approximate surface area is 170 Å². The van der Waals surface area contributed by atoms with E-state index >= 15 is 0 Å². The van der Waals surface area contributed by atoms with Crippen LogP contribution in [0.5, 0.6) is 11.5 Å². The first kappa shape index (κ1) is 20.7. The van der Waals surface area contributed by atoms with Gasteiger partial charge in [0.25, 0.3) is 10.0 Å². The molecule has 3 aromatic rings.